The molecule has 4 rings (SSSR count). The maximum absolute atomic E-state index is 13.1. The molecule has 0 spiro atoms. The highest BCUT2D eigenvalue weighted by Gasteiger charge is 2.25. The summed E-state index contributed by atoms with van der Waals surface area (Å²) in [6, 6.07) is 11.6. The summed E-state index contributed by atoms with van der Waals surface area (Å²) in [5.74, 6) is 0.751. The number of nitrogens with zero attached hydrogens (tertiary/aromatic N) is 3. The van der Waals surface area contributed by atoms with Gasteiger partial charge < -0.3 is 14.5 Å². The van der Waals surface area contributed by atoms with Gasteiger partial charge in [-0.2, -0.15) is 5.10 Å². The molecule has 10 heteroatoms. The first kappa shape index (κ1) is 21.7. The van der Waals surface area contributed by atoms with Crippen LogP contribution in [0.2, 0.25) is 0 Å². The van der Waals surface area contributed by atoms with Crippen LogP contribution in [0, 0.1) is 0 Å². The van der Waals surface area contributed by atoms with Crippen LogP contribution in [0.15, 0.2) is 59.7 Å². The van der Waals surface area contributed by atoms with Gasteiger partial charge in [-0.05, 0) is 42.8 Å². The Morgan fingerprint density at radius 3 is 2.62 bits per heavy atom. The maximum Gasteiger partial charge on any atom is 0.327 e. The average molecular weight is 457 g/mol. The third-order valence-electron chi connectivity index (χ3n) is 5.13. The number of hydrogen-bond acceptors (Lipinski definition) is 6. The minimum absolute atomic E-state index is 0.260. The monoisotopic (exact) mass is 456 g/mol. The molecule has 0 bridgehead atoms. The normalized spacial score (nSPS) is 12.7. The number of nitrogens with one attached hydrogen (secondary N) is 1. The minimum atomic E-state index is -3.44. The number of methoxy groups -OCH3 is 1. The van der Waals surface area contributed by atoms with E-state index in [2.05, 4.69) is 10.1 Å². The molecule has 0 amide bonds. The van der Waals surface area contributed by atoms with Gasteiger partial charge in [0.05, 0.1) is 42.2 Å². The second kappa shape index (κ2) is 8.54. The van der Waals surface area contributed by atoms with Crippen LogP contribution >= 0.6 is 0 Å². The van der Waals surface area contributed by atoms with Crippen LogP contribution in [-0.4, -0.2) is 53.5 Å². The molecule has 0 fully saturated rings. The molecule has 0 saturated heterocycles. The molecular formula is C22H24N4O5S. The van der Waals surface area contributed by atoms with Gasteiger partial charge in [-0.1, -0.05) is 12.1 Å². The van der Waals surface area contributed by atoms with E-state index < -0.39 is 21.6 Å². The van der Waals surface area contributed by atoms with E-state index in [1.54, 1.807) is 53.5 Å². The lowest BCUT2D eigenvalue weighted by atomic mass is 10.1. The lowest BCUT2D eigenvalue weighted by Crippen LogP contribution is -2.28. The van der Waals surface area contributed by atoms with Gasteiger partial charge in [0.1, 0.15) is 9.84 Å². The predicted molar refractivity (Wildman–Crippen MR) is 122 cm³/mol. The number of hydrogen-bond donors (Lipinski definition) is 1. The topological polar surface area (TPSA) is 108 Å². The van der Waals surface area contributed by atoms with Crippen molar-refractivity contribution in [1.82, 2.24) is 19.3 Å². The minimum Gasteiger partial charge on any atom is -0.493 e. The van der Waals surface area contributed by atoms with E-state index in [4.69, 9.17) is 9.47 Å². The van der Waals surface area contributed by atoms with Gasteiger partial charge in [-0.3, -0.25) is 4.57 Å². The predicted octanol–water partition coefficient (Wildman–Crippen LogP) is 2.56. The fourth-order valence-electron chi connectivity index (χ4n) is 3.82. The Hall–Kier alpha value is -3.53. The van der Waals surface area contributed by atoms with Crippen LogP contribution in [-0.2, 0) is 9.84 Å². The number of imidazole rings is 1. The van der Waals surface area contributed by atoms with Crippen LogP contribution in [0.4, 0.5) is 0 Å². The maximum atomic E-state index is 13.1. The molecule has 2 heterocycles. The third kappa shape index (κ3) is 4.13. The van der Waals surface area contributed by atoms with Gasteiger partial charge in [0.15, 0.2) is 11.5 Å². The van der Waals surface area contributed by atoms with Crippen molar-refractivity contribution in [2.45, 2.75) is 13.0 Å². The van der Waals surface area contributed by atoms with Gasteiger partial charge in [0, 0.05) is 18.6 Å². The van der Waals surface area contributed by atoms with Gasteiger partial charge in [-0.25, -0.2) is 17.9 Å². The fraction of sp³-hybridized carbons (Fsp3) is 0.273. The zero-order chi connectivity index (χ0) is 22.9. The SMILES string of the molecule is CCOc1cc([C@@H](CS(C)(=O)=O)n2c(=O)[nH]c3c(-n4cccn4)cccc32)ccc1OC. The Morgan fingerprint density at radius 1 is 1.16 bits per heavy atom. The van der Waals surface area contributed by atoms with E-state index >= 15 is 0 Å². The number of benzene rings is 2. The molecule has 1 atom stereocenters. The first-order valence-electron chi connectivity index (χ1n) is 10.0. The molecule has 168 valence electrons. The molecular weight excluding hydrogens is 432 g/mol. The zero-order valence-electron chi connectivity index (χ0n) is 18.0. The highest BCUT2D eigenvalue weighted by Crippen LogP contribution is 2.33. The molecule has 0 radical (unpaired) electrons. The molecule has 2 aromatic carbocycles. The number of H-pyrrole nitrogens is 1. The Morgan fingerprint density at radius 2 is 1.97 bits per heavy atom. The Bertz CT molecular complexity index is 1400. The second-order valence-corrected chi connectivity index (χ2v) is 9.56. The van der Waals surface area contributed by atoms with E-state index in [9.17, 15) is 13.2 Å². The van der Waals surface area contributed by atoms with Crippen LogP contribution in [0.1, 0.15) is 18.5 Å². The highest BCUT2D eigenvalue weighted by atomic mass is 32.2. The molecule has 2 aromatic heterocycles. The van der Waals surface area contributed by atoms with Crippen molar-refractivity contribution in [1.29, 1.82) is 0 Å². The molecule has 4 aromatic rings. The number of sulfone groups is 1. The van der Waals surface area contributed by atoms with Crippen molar-refractivity contribution in [3.05, 3.63) is 70.9 Å². The summed E-state index contributed by atoms with van der Waals surface area (Å²) in [5.41, 5.74) is 2.03. The van der Waals surface area contributed by atoms with E-state index in [1.807, 2.05) is 13.0 Å². The molecule has 0 aliphatic heterocycles. The van der Waals surface area contributed by atoms with Gasteiger partial charge >= 0.3 is 5.69 Å². The number of aromatic amines is 1. The molecule has 0 aliphatic rings. The van der Waals surface area contributed by atoms with Crippen molar-refractivity contribution < 1.29 is 17.9 Å². The Kier molecular flexibility index (Phi) is 5.79. The largest absolute Gasteiger partial charge is 0.493 e. The molecule has 0 unspecified atom stereocenters. The Labute approximate surface area is 185 Å². The first-order chi connectivity index (χ1) is 15.3. The molecule has 9 nitrogen and oxygen atoms in total. The van der Waals surface area contributed by atoms with Crippen LogP contribution in [0.25, 0.3) is 16.7 Å². The average Bonchev–Trinajstić information content (AvgIpc) is 3.39. The molecule has 0 aliphatic carbocycles. The van der Waals surface area contributed by atoms with Crippen LogP contribution < -0.4 is 15.2 Å². The number of rotatable bonds is 8. The summed E-state index contributed by atoms with van der Waals surface area (Å²) >= 11 is 0. The van der Waals surface area contributed by atoms with Crippen molar-refractivity contribution in [3.8, 4) is 17.2 Å². The van der Waals surface area contributed by atoms with Crippen molar-refractivity contribution in [2.75, 3.05) is 25.7 Å². The van der Waals surface area contributed by atoms with Crippen molar-refractivity contribution >= 4 is 20.9 Å². The standard InChI is InChI=1S/C22H24N4O5S/c1-4-31-20-13-15(9-10-19(20)30-2)18(14-32(3,28)29)26-17-8-5-7-16(21(17)24-22(26)27)25-12-6-11-23-25/h5-13,18H,4,14H2,1-3H3,(H,24,27)/t18-/m1/s1. The number of aromatic nitrogens is 4. The fourth-order valence-corrected chi connectivity index (χ4v) is 4.74. The summed E-state index contributed by atoms with van der Waals surface area (Å²) < 4.78 is 38.8. The second-order valence-electron chi connectivity index (χ2n) is 7.37. The summed E-state index contributed by atoms with van der Waals surface area (Å²) in [4.78, 5) is 16.0. The zero-order valence-corrected chi connectivity index (χ0v) is 18.8. The summed E-state index contributed by atoms with van der Waals surface area (Å²) in [7, 11) is -1.91. The summed E-state index contributed by atoms with van der Waals surface area (Å²) in [5, 5.41) is 4.25. The van der Waals surface area contributed by atoms with E-state index in [1.165, 1.54) is 11.7 Å². The molecule has 0 saturated carbocycles. The van der Waals surface area contributed by atoms with Crippen molar-refractivity contribution in [2.24, 2.45) is 0 Å². The van der Waals surface area contributed by atoms with Gasteiger partial charge in [-0.15, -0.1) is 0 Å². The number of para-hydroxylation sites is 1. The first-order valence-corrected chi connectivity index (χ1v) is 12.1. The lowest BCUT2D eigenvalue weighted by molar-refractivity contribution is 0.310. The van der Waals surface area contributed by atoms with E-state index in [0.717, 1.165) is 6.26 Å². The third-order valence-corrected chi connectivity index (χ3v) is 6.05. The molecule has 1 N–H and O–H groups in total. The summed E-state index contributed by atoms with van der Waals surface area (Å²) in [6.07, 6.45) is 4.57. The summed E-state index contributed by atoms with van der Waals surface area (Å²) in [6.45, 7) is 2.26. The van der Waals surface area contributed by atoms with Crippen molar-refractivity contribution in [3.63, 3.8) is 0 Å². The number of fused-ring (bicyclic) bond motifs is 1. The Balaban J connectivity index is 1.94. The lowest BCUT2D eigenvalue weighted by Gasteiger charge is -2.20. The number of ether oxygens (including phenoxy) is 2. The highest BCUT2D eigenvalue weighted by molar-refractivity contribution is 7.90. The van der Waals surface area contributed by atoms with E-state index in [0.29, 0.717) is 40.4 Å². The molecule has 32 heavy (non-hydrogen) atoms. The van der Waals surface area contributed by atoms with Crippen LogP contribution in [0.3, 0.4) is 0 Å². The van der Waals surface area contributed by atoms with Gasteiger partial charge in [0.2, 0.25) is 0 Å². The smallest absolute Gasteiger partial charge is 0.327 e. The van der Waals surface area contributed by atoms with Crippen LogP contribution in [0.5, 0.6) is 11.5 Å². The quantitative estimate of drug-likeness (QED) is 0.437. The van der Waals surface area contributed by atoms with Gasteiger partial charge in [0.25, 0.3) is 0 Å². The van der Waals surface area contributed by atoms with E-state index in [-0.39, 0.29) is 5.75 Å².